The van der Waals surface area contributed by atoms with Gasteiger partial charge >= 0.3 is 5.76 Å². The van der Waals surface area contributed by atoms with Crippen LogP contribution in [0.4, 0.5) is 0 Å². The van der Waals surface area contributed by atoms with Crippen molar-refractivity contribution in [1.29, 1.82) is 0 Å². The van der Waals surface area contributed by atoms with E-state index in [1.165, 1.54) is 4.57 Å². The lowest BCUT2D eigenvalue weighted by Crippen LogP contribution is -2.30. The molecule has 23 heavy (non-hydrogen) atoms. The fourth-order valence-corrected chi connectivity index (χ4v) is 2.23. The summed E-state index contributed by atoms with van der Waals surface area (Å²) in [6.07, 6.45) is 1.56. The zero-order chi connectivity index (χ0) is 16.1. The van der Waals surface area contributed by atoms with Crippen LogP contribution in [0.3, 0.4) is 0 Å². The number of carbonyl (C=O) groups is 1. The lowest BCUT2D eigenvalue weighted by molar-refractivity contribution is -0.121. The predicted octanol–water partition coefficient (Wildman–Crippen LogP) is 2.42. The maximum Gasteiger partial charge on any atom is 0.419 e. The molecule has 3 aromatic rings. The lowest BCUT2D eigenvalue weighted by Gasteiger charge is -2.04. The fourth-order valence-electron chi connectivity index (χ4n) is 2.23. The average Bonchev–Trinajstić information content (AvgIpc) is 2.95. The van der Waals surface area contributed by atoms with Crippen LogP contribution >= 0.6 is 0 Å². The summed E-state index contributed by atoms with van der Waals surface area (Å²) in [7, 11) is 0. The highest BCUT2D eigenvalue weighted by Crippen LogP contribution is 2.16. The van der Waals surface area contributed by atoms with E-state index in [1.807, 2.05) is 60.7 Å². The van der Waals surface area contributed by atoms with Gasteiger partial charge in [-0.2, -0.15) is 0 Å². The molecule has 0 atom stereocenters. The molecule has 0 aliphatic rings. The first kappa shape index (κ1) is 14.8. The number of oxazole rings is 1. The normalized spacial score (nSPS) is 10.4. The lowest BCUT2D eigenvalue weighted by atomic mass is 10.2. The molecule has 1 heterocycles. The number of nitrogens with zero attached hydrogens (tertiary/aromatic N) is 1. The molecule has 5 nitrogen and oxygen atoms in total. The summed E-state index contributed by atoms with van der Waals surface area (Å²) in [4.78, 5) is 23.8. The first-order valence-electron chi connectivity index (χ1n) is 7.29. The Balaban J connectivity index is 1.65. The van der Waals surface area contributed by atoms with E-state index < -0.39 is 5.76 Å². The molecule has 1 N–H and O–H groups in total. The maximum absolute atomic E-state index is 12.0. The van der Waals surface area contributed by atoms with Gasteiger partial charge in [-0.1, -0.05) is 60.7 Å². The van der Waals surface area contributed by atoms with E-state index in [9.17, 15) is 9.59 Å². The minimum atomic E-state index is -0.543. The Labute approximate surface area is 133 Å². The van der Waals surface area contributed by atoms with E-state index >= 15 is 0 Å². The molecule has 0 unspecified atom stereocenters. The van der Waals surface area contributed by atoms with Crippen molar-refractivity contribution >= 4 is 5.91 Å². The van der Waals surface area contributed by atoms with Gasteiger partial charge in [-0.25, -0.2) is 4.79 Å². The highest BCUT2D eigenvalue weighted by Gasteiger charge is 2.11. The average molecular weight is 308 g/mol. The molecule has 0 saturated carbocycles. The second-order valence-corrected chi connectivity index (χ2v) is 5.12. The van der Waals surface area contributed by atoms with Crippen molar-refractivity contribution in [3.05, 3.63) is 83.0 Å². The topological polar surface area (TPSA) is 64.2 Å². The third kappa shape index (κ3) is 3.77. The Morgan fingerprint density at radius 1 is 1.00 bits per heavy atom. The van der Waals surface area contributed by atoms with Crippen molar-refractivity contribution in [3.63, 3.8) is 0 Å². The number of hydrogen-bond donors (Lipinski definition) is 1. The Kier molecular flexibility index (Phi) is 4.38. The zero-order valence-corrected chi connectivity index (χ0v) is 12.4. The Morgan fingerprint density at radius 2 is 1.65 bits per heavy atom. The molecule has 0 radical (unpaired) electrons. The SMILES string of the molecule is O=C(Cn1cc(-c2ccccc2)oc1=O)NCc1ccccc1. The zero-order valence-electron chi connectivity index (χ0n) is 12.4. The van der Waals surface area contributed by atoms with Crippen molar-refractivity contribution < 1.29 is 9.21 Å². The first-order valence-corrected chi connectivity index (χ1v) is 7.29. The van der Waals surface area contributed by atoms with Crippen molar-refractivity contribution in [2.75, 3.05) is 0 Å². The van der Waals surface area contributed by atoms with E-state index in [4.69, 9.17) is 4.42 Å². The molecule has 0 bridgehead atoms. The van der Waals surface area contributed by atoms with Gasteiger partial charge in [0.15, 0.2) is 5.76 Å². The summed E-state index contributed by atoms with van der Waals surface area (Å²) in [5, 5.41) is 2.78. The number of aromatic nitrogens is 1. The van der Waals surface area contributed by atoms with E-state index in [-0.39, 0.29) is 12.5 Å². The Hall–Kier alpha value is -3.08. The molecule has 3 rings (SSSR count). The highest BCUT2D eigenvalue weighted by atomic mass is 16.4. The van der Waals surface area contributed by atoms with Crippen LogP contribution in [-0.4, -0.2) is 10.5 Å². The van der Waals surface area contributed by atoms with E-state index in [0.717, 1.165) is 11.1 Å². The van der Waals surface area contributed by atoms with E-state index in [2.05, 4.69) is 5.32 Å². The number of carbonyl (C=O) groups excluding carboxylic acids is 1. The van der Waals surface area contributed by atoms with Gasteiger partial charge in [0.05, 0.1) is 6.20 Å². The standard InChI is InChI=1S/C18H16N2O3/c21-17(19-11-14-7-3-1-4-8-14)13-20-12-16(23-18(20)22)15-9-5-2-6-10-15/h1-10,12H,11,13H2,(H,19,21). The third-order valence-electron chi connectivity index (χ3n) is 3.41. The molecule has 0 aliphatic heterocycles. The van der Waals surface area contributed by atoms with Crippen molar-refractivity contribution in [2.24, 2.45) is 0 Å². The summed E-state index contributed by atoms with van der Waals surface area (Å²) < 4.78 is 6.46. The van der Waals surface area contributed by atoms with Crippen LogP contribution in [0, 0.1) is 0 Å². The summed E-state index contributed by atoms with van der Waals surface area (Å²) in [5.41, 5.74) is 1.80. The molecular formula is C18H16N2O3. The van der Waals surface area contributed by atoms with Crippen LogP contribution in [0.25, 0.3) is 11.3 Å². The molecule has 1 aromatic heterocycles. The molecule has 1 amide bonds. The smallest absolute Gasteiger partial charge is 0.408 e. The van der Waals surface area contributed by atoms with Crippen LogP contribution < -0.4 is 11.1 Å². The Bertz CT molecular complexity index is 835. The van der Waals surface area contributed by atoms with Crippen LogP contribution in [-0.2, 0) is 17.9 Å². The molecule has 116 valence electrons. The molecule has 0 saturated heterocycles. The van der Waals surface area contributed by atoms with E-state index in [1.54, 1.807) is 6.20 Å². The summed E-state index contributed by atoms with van der Waals surface area (Å²) in [5.74, 6) is -0.332. The second-order valence-electron chi connectivity index (χ2n) is 5.12. The molecule has 2 aromatic carbocycles. The quantitative estimate of drug-likeness (QED) is 0.787. The number of rotatable bonds is 5. The minimum absolute atomic E-state index is 0.0675. The molecular weight excluding hydrogens is 292 g/mol. The van der Waals surface area contributed by atoms with Gasteiger partial charge in [0.2, 0.25) is 5.91 Å². The van der Waals surface area contributed by atoms with Crippen molar-refractivity contribution in [1.82, 2.24) is 9.88 Å². The molecule has 0 fully saturated rings. The first-order chi connectivity index (χ1) is 11.2. The second kappa shape index (κ2) is 6.79. The van der Waals surface area contributed by atoms with Gasteiger partial charge < -0.3 is 9.73 Å². The van der Waals surface area contributed by atoms with Crippen molar-refractivity contribution in [2.45, 2.75) is 13.1 Å². The number of nitrogens with one attached hydrogen (secondary N) is 1. The minimum Gasteiger partial charge on any atom is -0.408 e. The number of amides is 1. The van der Waals surface area contributed by atoms with Crippen LogP contribution in [0.5, 0.6) is 0 Å². The van der Waals surface area contributed by atoms with Gasteiger partial charge in [0, 0.05) is 12.1 Å². The Morgan fingerprint density at radius 3 is 2.35 bits per heavy atom. The van der Waals surface area contributed by atoms with Gasteiger partial charge in [0.25, 0.3) is 0 Å². The monoisotopic (exact) mass is 308 g/mol. The van der Waals surface area contributed by atoms with Gasteiger partial charge in [-0.15, -0.1) is 0 Å². The number of benzene rings is 2. The van der Waals surface area contributed by atoms with Crippen LogP contribution in [0.2, 0.25) is 0 Å². The van der Waals surface area contributed by atoms with E-state index in [0.29, 0.717) is 12.3 Å². The predicted molar refractivity (Wildman–Crippen MR) is 86.7 cm³/mol. The van der Waals surface area contributed by atoms with Crippen LogP contribution in [0.15, 0.2) is 76.1 Å². The van der Waals surface area contributed by atoms with Crippen LogP contribution in [0.1, 0.15) is 5.56 Å². The third-order valence-corrected chi connectivity index (χ3v) is 3.41. The summed E-state index contributed by atoms with van der Waals surface area (Å²) in [6, 6.07) is 18.9. The largest absolute Gasteiger partial charge is 0.419 e. The summed E-state index contributed by atoms with van der Waals surface area (Å²) >= 11 is 0. The van der Waals surface area contributed by atoms with Gasteiger partial charge in [0.1, 0.15) is 6.54 Å². The fraction of sp³-hybridized carbons (Fsp3) is 0.111. The van der Waals surface area contributed by atoms with Crippen molar-refractivity contribution in [3.8, 4) is 11.3 Å². The van der Waals surface area contributed by atoms with Gasteiger partial charge in [-0.3, -0.25) is 9.36 Å². The molecule has 0 aliphatic carbocycles. The highest BCUT2D eigenvalue weighted by molar-refractivity contribution is 5.75. The summed E-state index contributed by atoms with van der Waals surface area (Å²) in [6.45, 7) is 0.361. The molecule has 5 heteroatoms. The molecule has 0 spiro atoms. The van der Waals surface area contributed by atoms with Gasteiger partial charge in [-0.05, 0) is 5.56 Å². The number of hydrogen-bond acceptors (Lipinski definition) is 3. The maximum atomic E-state index is 12.0.